The van der Waals surface area contributed by atoms with Gasteiger partial charge in [0.05, 0.1) is 6.61 Å². The molecule has 0 amide bonds. The molecule has 0 radical (unpaired) electrons. The SMILES string of the molecule is COCCOc1ccc([N+](=O)[O-])nc1C. The Morgan fingerprint density at radius 3 is 2.73 bits per heavy atom. The van der Waals surface area contributed by atoms with E-state index in [2.05, 4.69) is 4.98 Å². The van der Waals surface area contributed by atoms with Crippen molar-refractivity contribution in [3.8, 4) is 5.75 Å². The van der Waals surface area contributed by atoms with E-state index in [0.717, 1.165) is 0 Å². The van der Waals surface area contributed by atoms with Crippen molar-refractivity contribution in [2.24, 2.45) is 0 Å². The minimum absolute atomic E-state index is 0.174. The summed E-state index contributed by atoms with van der Waals surface area (Å²) in [6.45, 7) is 2.53. The topological polar surface area (TPSA) is 74.5 Å². The van der Waals surface area contributed by atoms with E-state index in [0.29, 0.717) is 24.7 Å². The van der Waals surface area contributed by atoms with Gasteiger partial charge in [-0.05, 0) is 16.0 Å². The number of aryl methyl sites for hydroxylation is 1. The molecule has 1 heterocycles. The van der Waals surface area contributed by atoms with Crippen LogP contribution in [0, 0.1) is 17.0 Å². The van der Waals surface area contributed by atoms with Crippen LogP contribution in [0.3, 0.4) is 0 Å². The maximum absolute atomic E-state index is 10.4. The number of aromatic nitrogens is 1. The van der Waals surface area contributed by atoms with Crippen molar-refractivity contribution >= 4 is 5.82 Å². The molecule has 0 atom stereocenters. The lowest BCUT2D eigenvalue weighted by Gasteiger charge is -2.05. The van der Waals surface area contributed by atoms with Crippen LogP contribution >= 0.6 is 0 Å². The minimum atomic E-state index is -0.536. The highest BCUT2D eigenvalue weighted by molar-refractivity contribution is 5.33. The molecular weight excluding hydrogens is 200 g/mol. The fourth-order valence-electron chi connectivity index (χ4n) is 1.02. The molecule has 0 aromatic carbocycles. The van der Waals surface area contributed by atoms with Crippen molar-refractivity contribution in [2.75, 3.05) is 20.3 Å². The van der Waals surface area contributed by atoms with Gasteiger partial charge in [0.15, 0.2) is 11.4 Å². The Hall–Kier alpha value is -1.69. The Bertz CT molecular complexity index is 354. The average molecular weight is 212 g/mol. The number of methoxy groups -OCH3 is 1. The van der Waals surface area contributed by atoms with Gasteiger partial charge >= 0.3 is 5.82 Å². The summed E-state index contributed by atoms with van der Waals surface area (Å²) in [6.07, 6.45) is 0. The molecule has 0 saturated carbocycles. The van der Waals surface area contributed by atoms with E-state index in [1.54, 1.807) is 14.0 Å². The van der Waals surface area contributed by atoms with Gasteiger partial charge < -0.3 is 19.6 Å². The zero-order valence-corrected chi connectivity index (χ0v) is 8.60. The molecular formula is C9H12N2O4. The average Bonchev–Trinajstić information content (AvgIpc) is 2.20. The molecule has 0 spiro atoms. The van der Waals surface area contributed by atoms with Gasteiger partial charge in [0.1, 0.15) is 6.61 Å². The van der Waals surface area contributed by atoms with E-state index >= 15 is 0 Å². The van der Waals surface area contributed by atoms with E-state index in [1.165, 1.54) is 12.1 Å². The number of nitrogens with zero attached hydrogens (tertiary/aromatic N) is 2. The van der Waals surface area contributed by atoms with Crippen molar-refractivity contribution in [1.29, 1.82) is 0 Å². The number of rotatable bonds is 5. The van der Waals surface area contributed by atoms with Gasteiger partial charge in [-0.2, -0.15) is 0 Å². The molecule has 1 aromatic heterocycles. The van der Waals surface area contributed by atoms with Gasteiger partial charge in [0.25, 0.3) is 0 Å². The summed E-state index contributed by atoms with van der Waals surface area (Å²) < 4.78 is 10.1. The third-order valence-electron chi connectivity index (χ3n) is 1.75. The predicted octanol–water partition coefficient (Wildman–Crippen LogP) is 1.32. The van der Waals surface area contributed by atoms with Crippen LogP contribution in [-0.4, -0.2) is 30.2 Å². The number of hydrogen-bond acceptors (Lipinski definition) is 5. The lowest BCUT2D eigenvalue weighted by atomic mass is 10.3. The van der Waals surface area contributed by atoms with Crippen molar-refractivity contribution in [3.63, 3.8) is 0 Å². The van der Waals surface area contributed by atoms with Crippen molar-refractivity contribution in [3.05, 3.63) is 27.9 Å². The molecule has 15 heavy (non-hydrogen) atoms. The maximum atomic E-state index is 10.4. The summed E-state index contributed by atoms with van der Waals surface area (Å²) in [4.78, 5) is 13.7. The largest absolute Gasteiger partial charge is 0.487 e. The molecule has 6 nitrogen and oxygen atoms in total. The van der Waals surface area contributed by atoms with E-state index in [-0.39, 0.29) is 5.82 Å². The smallest absolute Gasteiger partial charge is 0.363 e. The number of ether oxygens (including phenoxy) is 2. The van der Waals surface area contributed by atoms with Crippen LogP contribution in [0.25, 0.3) is 0 Å². The summed E-state index contributed by atoms with van der Waals surface area (Å²) in [5.74, 6) is 0.365. The molecule has 1 rings (SSSR count). The first-order valence-electron chi connectivity index (χ1n) is 4.39. The first-order chi connectivity index (χ1) is 7.15. The second-order valence-corrected chi connectivity index (χ2v) is 2.85. The highest BCUT2D eigenvalue weighted by atomic mass is 16.6. The van der Waals surface area contributed by atoms with E-state index < -0.39 is 4.92 Å². The summed E-state index contributed by atoms with van der Waals surface area (Å²) in [6, 6.07) is 2.85. The summed E-state index contributed by atoms with van der Waals surface area (Å²) in [7, 11) is 1.57. The second kappa shape index (κ2) is 5.26. The Labute approximate surface area is 87.0 Å². The molecule has 0 N–H and O–H groups in total. The van der Waals surface area contributed by atoms with Crippen molar-refractivity contribution < 1.29 is 14.4 Å². The highest BCUT2D eigenvalue weighted by Crippen LogP contribution is 2.18. The molecule has 0 bridgehead atoms. The van der Waals surface area contributed by atoms with E-state index in [1.807, 2.05) is 0 Å². The lowest BCUT2D eigenvalue weighted by molar-refractivity contribution is -0.389. The van der Waals surface area contributed by atoms with E-state index in [9.17, 15) is 10.1 Å². The van der Waals surface area contributed by atoms with Crippen LogP contribution in [0.4, 0.5) is 5.82 Å². The van der Waals surface area contributed by atoms with Crippen LogP contribution in [-0.2, 0) is 4.74 Å². The van der Waals surface area contributed by atoms with Gasteiger partial charge in [0.2, 0.25) is 0 Å². The summed E-state index contributed by atoms with van der Waals surface area (Å²) in [5.41, 5.74) is 0.500. The van der Waals surface area contributed by atoms with Crippen LogP contribution < -0.4 is 4.74 Å². The Morgan fingerprint density at radius 1 is 1.47 bits per heavy atom. The Kier molecular flexibility index (Phi) is 3.99. The molecule has 0 fully saturated rings. The molecule has 0 saturated heterocycles. The van der Waals surface area contributed by atoms with Crippen LogP contribution in [0.5, 0.6) is 5.75 Å². The van der Waals surface area contributed by atoms with Crippen LogP contribution in [0.15, 0.2) is 12.1 Å². The summed E-state index contributed by atoms with van der Waals surface area (Å²) in [5, 5.41) is 10.4. The van der Waals surface area contributed by atoms with Crippen molar-refractivity contribution in [2.45, 2.75) is 6.92 Å². The normalized spacial score (nSPS) is 10.0. The fraction of sp³-hybridized carbons (Fsp3) is 0.444. The van der Waals surface area contributed by atoms with Gasteiger partial charge in [0, 0.05) is 20.1 Å². The van der Waals surface area contributed by atoms with Gasteiger partial charge in [-0.25, -0.2) is 0 Å². The molecule has 0 unspecified atom stereocenters. The summed E-state index contributed by atoms with van der Waals surface area (Å²) >= 11 is 0. The molecule has 82 valence electrons. The maximum Gasteiger partial charge on any atom is 0.363 e. The zero-order valence-electron chi connectivity index (χ0n) is 8.60. The number of nitro groups is 1. The minimum Gasteiger partial charge on any atom is -0.487 e. The quantitative estimate of drug-likeness (QED) is 0.418. The predicted molar refractivity (Wildman–Crippen MR) is 53.0 cm³/mol. The molecule has 0 aliphatic carbocycles. The molecule has 0 aliphatic rings. The van der Waals surface area contributed by atoms with Gasteiger partial charge in [-0.1, -0.05) is 0 Å². The zero-order chi connectivity index (χ0) is 11.3. The Morgan fingerprint density at radius 2 is 2.20 bits per heavy atom. The van der Waals surface area contributed by atoms with Gasteiger partial charge in [-0.15, -0.1) is 0 Å². The monoisotopic (exact) mass is 212 g/mol. The standard InChI is InChI=1S/C9H12N2O4/c1-7-8(15-6-5-14-2)3-4-9(10-7)11(12)13/h3-4H,5-6H2,1-2H3. The number of hydrogen-bond donors (Lipinski definition) is 0. The number of pyridine rings is 1. The Balaban J connectivity index is 2.70. The highest BCUT2D eigenvalue weighted by Gasteiger charge is 2.12. The van der Waals surface area contributed by atoms with Crippen LogP contribution in [0.2, 0.25) is 0 Å². The molecule has 6 heteroatoms. The first-order valence-corrected chi connectivity index (χ1v) is 4.39. The first kappa shape index (κ1) is 11.4. The molecule has 0 aliphatic heterocycles. The third kappa shape index (κ3) is 3.17. The fourth-order valence-corrected chi connectivity index (χ4v) is 1.02. The lowest BCUT2D eigenvalue weighted by Crippen LogP contribution is -2.06. The molecule has 1 aromatic rings. The van der Waals surface area contributed by atoms with Crippen molar-refractivity contribution in [1.82, 2.24) is 4.98 Å². The third-order valence-corrected chi connectivity index (χ3v) is 1.75. The van der Waals surface area contributed by atoms with Gasteiger partial charge in [-0.3, -0.25) is 0 Å². The van der Waals surface area contributed by atoms with E-state index in [4.69, 9.17) is 9.47 Å². The second-order valence-electron chi connectivity index (χ2n) is 2.85. The van der Waals surface area contributed by atoms with Crippen LogP contribution in [0.1, 0.15) is 5.69 Å².